The Labute approximate surface area is 77.6 Å². The molecule has 4 nitrogen and oxygen atoms in total. The van der Waals surface area contributed by atoms with Crippen LogP contribution in [0, 0.1) is 12.8 Å². The van der Waals surface area contributed by atoms with Gasteiger partial charge in [-0.2, -0.15) is 5.10 Å². The van der Waals surface area contributed by atoms with Gasteiger partial charge in [0.2, 0.25) is 0 Å². The van der Waals surface area contributed by atoms with E-state index in [1.807, 2.05) is 6.92 Å². The Balaban J connectivity index is 1.81. The number of likely N-dealkylation sites (tertiary alicyclic amines) is 1. The number of rotatable bonds is 3. The van der Waals surface area contributed by atoms with E-state index in [-0.39, 0.29) is 0 Å². The van der Waals surface area contributed by atoms with Crippen LogP contribution in [0.15, 0.2) is 6.07 Å². The van der Waals surface area contributed by atoms with Crippen molar-refractivity contribution in [3.8, 4) is 0 Å². The first-order chi connectivity index (χ1) is 6.28. The maximum absolute atomic E-state index is 8.83. The van der Waals surface area contributed by atoms with E-state index in [2.05, 4.69) is 21.2 Å². The van der Waals surface area contributed by atoms with Gasteiger partial charge in [-0.3, -0.25) is 10.00 Å². The molecule has 1 aromatic heterocycles. The first kappa shape index (κ1) is 8.72. The van der Waals surface area contributed by atoms with Crippen LogP contribution in [0.25, 0.3) is 0 Å². The Hall–Kier alpha value is -0.870. The molecule has 0 radical (unpaired) electrons. The molecule has 13 heavy (non-hydrogen) atoms. The number of aryl methyl sites for hydroxylation is 1. The van der Waals surface area contributed by atoms with Crippen LogP contribution >= 0.6 is 0 Å². The van der Waals surface area contributed by atoms with E-state index in [4.69, 9.17) is 5.11 Å². The van der Waals surface area contributed by atoms with E-state index < -0.39 is 0 Å². The molecule has 72 valence electrons. The lowest BCUT2D eigenvalue weighted by Gasteiger charge is -2.37. The number of nitrogens with one attached hydrogen (secondary N) is 1. The summed E-state index contributed by atoms with van der Waals surface area (Å²) in [6, 6.07) is 2.06. The summed E-state index contributed by atoms with van der Waals surface area (Å²) in [6.07, 6.45) is 0. The Morgan fingerprint density at radius 2 is 2.46 bits per heavy atom. The fourth-order valence-electron chi connectivity index (χ4n) is 1.71. The Kier molecular flexibility index (Phi) is 2.33. The lowest BCUT2D eigenvalue weighted by atomic mass is 10.0. The normalized spacial score (nSPS) is 18.9. The molecule has 0 unspecified atom stereocenters. The van der Waals surface area contributed by atoms with Gasteiger partial charge >= 0.3 is 0 Å². The average Bonchev–Trinajstić information content (AvgIpc) is 2.43. The number of aliphatic hydroxyl groups is 1. The van der Waals surface area contributed by atoms with E-state index in [1.54, 1.807) is 0 Å². The summed E-state index contributed by atoms with van der Waals surface area (Å²) in [6.45, 7) is 5.23. The second-order valence-electron chi connectivity index (χ2n) is 3.78. The van der Waals surface area contributed by atoms with Crippen LogP contribution in [0.4, 0.5) is 0 Å². The molecule has 1 saturated heterocycles. The molecule has 4 heteroatoms. The molecule has 0 spiro atoms. The van der Waals surface area contributed by atoms with Crippen molar-refractivity contribution < 1.29 is 5.11 Å². The van der Waals surface area contributed by atoms with Crippen molar-refractivity contribution in [2.45, 2.75) is 13.5 Å². The van der Waals surface area contributed by atoms with Gasteiger partial charge in [0.15, 0.2) is 0 Å². The monoisotopic (exact) mass is 181 g/mol. The van der Waals surface area contributed by atoms with Crippen molar-refractivity contribution in [1.29, 1.82) is 0 Å². The van der Waals surface area contributed by atoms with Crippen molar-refractivity contribution in [2.24, 2.45) is 5.92 Å². The minimum Gasteiger partial charge on any atom is -0.396 e. The van der Waals surface area contributed by atoms with Crippen LogP contribution in [0.5, 0.6) is 0 Å². The number of hydrogen-bond donors (Lipinski definition) is 2. The van der Waals surface area contributed by atoms with Crippen molar-refractivity contribution in [3.63, 3.8) is 0 Å². The molecule has 1 aliphatic heterocycles. The number of aromatic amines is 1. The summed E-state index contributed by atoms with van der Waals surface area (Å²) in [4.78, 5) is 2.29. The highest BCUT2D eigenvalue weighted by molar-refractivity contribution is 5.07. The topological polar surface area (TPSA) is 52.1 Å². The molecule has 0 saturated carbocycles. The summed E-state index contributed by atoms with van der Waals surface area (Å²) in [5.41, 5.74) is 2.20. The minimum atomic E-state index is 0.316. The SMILES string of the molecule is Cc1cc(CN2CC(CO)C2)n[nH]1. The fraction of sp³-hybridized carbons (Fsp3) is 0.667. The van der Waals surface area contributed by atoms with Crippen molar-refractivity contribution in [2.75, 3.05) is 19.7 Å². The van der Waals surface area contributed by atoms with E-state index in [9.17, 15) is 0 Å². The average molecular weight is 181 g/mol. The van der Waals surface area contributed by atoms with Gasteiger partial charge in [-0.25, -0.2) is 0 Å². The van der Waals surface area contributed by atoms with Crippen LogP contribution in [-0.2, 0) is 6.54 Å². The van der Waals surface area contributed by atoms with E-state index in [0.29, 0.717) is 12.5 Å². The smallest absolute Gasteiger partial charge is 0.0765 e. The highest BCUT2D eigenvalue weighted by atomic mass is 16.3. The zero-order valence-corrected chi connectivity index (χ0v) is 7.82. The number of aromatic nitrogens is 2. The molecule has 1 aromatic rings. The molecule has 0 bridgehead atoms. The molecule has 1 fully saturated rings. The second-order valence-corrected chi connectivity index (χ2v) is 3.78. The largest absolute Gasteiger partial charge is 0.396 e. The van der Waals surface area contributed by atoms with Gasteiger partial charge in [-0.15, -0.1) is 0 Å². The van der Waals surface area contributed by atoms with Crippen molar-refractivity contribution in [1.82, 2.24) is 15.1 Å². The van der Waals surface area contributed by atoms with Crippen molar-refractivity contribution >= 4 is 0 Å². The summed E-state index contributed by atoms with van der Waals surface area (Å²) < 4.78 is 0. The molecule has 2 rings (SSSR count). The molecule has 1 aliphatic rings. The standard InChI is InChI=1S/C9H15N3O/c1-7-2-9(11-10-7)5-12-3-8(4-12)6-13/h2,8,13H,3-6H2,1H3,(H,10,11). The predicted octanol–water partition coefficient (Wildman–Crippen LogP) is 0.142. The second kappa shape index (κ2) is 3.47. The molecular formula is C9H15N3O. The third kappa shape index (κ3) is 1.89. The number of aliphatic hydroxyl groups excluding tert-OH is 1. The Bertz CT molecular complexity index is 278. The lowest BCUT2D eigenvalue weighted by molar-refractivity contribution is 0.0470. The van der Waals surface area contributed by atoms with E-state index in [0.717, 1.165) is 31.0 Å². The van der Waals surface area contributed by atoms with Crippen LogP contribution < -0.4 is 0 Å². The van der Waals surface area contributed by atoms with Crippen molar-refractivity contribution in [3.05, 3.63) is 17.5 Å². The highest BCUT2D eigenvalue weighted by Crippen LogP contribution is 2.16. The molecule has 0 amide bonds. The lowest BCUT2D eigenvalue weighted by Crippen LogP contribution is -2.47. The summed E-state index contributed by atoms with van der Waals surface area (Å²) in [7, 11) is 0. The van der Waals surface area contributed by atoms with Gasteiger partial charge in [-0.05, 0) is 13.0 Å². The molecule has 0 aliphatic carbocycles. The minimum absolute atomic E-state index is 0.316. The number of hydrogen-bond acceptors (Lipinski definition) is 3. The van der Waals surface area contributed by atoms with E-state index in [1.165, 1.54) is 0 Å². The van der Waals surface area contributed by atoms with Gasteiger partial charge in [0.05, 0.1) is 5.69 Å². The number of nitrogens with zero attached hydrogens (tertiary/aromatic N) is 2. The van der Waals surface area contributed by atoms with Crippen LogP contribution in [-0.4, -0.2) is 39.9 Å². The van der Waals surface area contributed by atoms with Crippen LogP contribution in [0.2, 0.25) is 0 Å². The van der Waals surface area contributed by atoms with Gasteiger partial charge in [-0.1, -0.05) is 0 Å². The molecule has 2 heterocycles. The molecule has 2 N–H and O–H groups in total. The van der Waals surface area contributed by atoms with Gasteiger partial charge < -0.3 is 5.11 Å². The molecular weight excluding hydrogens is 166 g/mol. The predicted molar refractivity (Wildman–Crippen MR) is 49.2 cm³/mol. The molecule has 0 aromatic carbocycles. The third-order valence-electron chi connectivity index (χ3n) is 2.44. The quantitative estimate of drug-likeness (QED) is 0.697. The van der Waals surface area contributed by atoms with Crippen LogP contribution in [0.1, 0.15) is 11.4 Å². The zero-order chi connectivity index (χ0) is 9.26. The van der Waals surface area contributed by atoms with Gasteiger partial charge in [0.25, 0.3) is 0 Å². The Morgan fingerprint density at radius 3 is 3.00 bits per heavy atom. The summed E-state index contributed by atoms with van der Waals surface area (Å²) >= 11 is 0. The van der Waals surface area contributed by atoms with Crippen LogP contribution in [0.3, 0.4) is 0 Å². The summed E-state index contributed by atoms with van der Waals surface area (Å²) in [5, 5.41) is 15.9. The first-order valence-electron chi connectivity index (χ1n) is 4.62. The van der Waals surface area contributed by atoms with Gasteiger partial charge in [0, 0.05) is 37.9 Å². The summed E-state index contributed by atoms with van der Waals surface area (Å²) in [5.74, 6) is 0.486. The number of H-pyrrole nitrogens is 1. The Morgan fingerprint density at radius 1 is 1.69 bits per heavy atom. The molecule has 0 atom stereocenters. The third-order valence-corrected chi connectivity index (χ3v) is 2.44. The first-order valence-corrected chi connectivity index (χ1v) is 4.62. The zero-order valence-electron chi connectivity index (χ0n) is 7.82. The fourth-order valence-corrected chi connectivity index (χ4v) is 1.71. The van der Waals surface area contributed by atoms with E-state index >= 15 is 0 Å². The maximum atomic E-state index is 8.83. The van der Waals surface area contributed by atoms with Gasteiger partial charge in [0.1, 0.15) is 0 Å². The maximum Gasteiger partial charge on any atom is 0.0765 e. The highest BCUT2D eigenvalue weighted by Gasteiger charge is 2.25.